The molecule has 1 amide bonds. The van der Waals surface area contributed by atoms with Crippen molar-refractivity contribution in [2.24, 2.45) is 0 Å². The molecule has 2 aromatic rings. The first-order valence-corrected chi connectivity index (χ1v) is 9.86. The van der Waals surface area contributed by atoms with Crippen LogP contribution in [0.15, 0.2) is 34.1 Å². The second-order valence-electron chi connectivity index (χ2n) is 6.00. The van der Waals surface area contributed by atoms with Crippen molar-refractivity contribution < 1.29 is 19.0 Å². The van der Waals surface area contributed by atoms with Gasteiger partial charge in [-0.15, -0.1) is 0 Å². The summed E-state index contributed by atoms with van der Waals surface area (Å²) in [6.45, 7) is 4.54. The molecule has 8 nitrogen and oxygen atoms in total. The van der Waals surface area contributed by atoms with Crippen molar-refractivity contribution in [3.63, 3.8) is 0 Å². The van der Waals surface area contributed by atoms with Crippen LogP contribution in [0.3, 0.4) is 0 Å². The predicted octanol–water partition coefficient (Wildman–Crippen LogP) is 2.83. The molecule has 1 aromatic heterocycles. The van der Waals surface area contributed by atoms with Gasteiger partial charge in [-0.25, -0.2) is 0 Å². The minimum atomic E-state index is -0.0319. The van der Waals surface area contributed by atoms with Crippen LogP contribution >= 0.6 is 11.8 Å². The Balaban J connectivity index is 1.88. The van der Waals surface area contributed by atoms with Gasteiger partial charge in [-0.1, -0.05) is 24.8 Å². The third-order valence-corrected chi connectivity index (χ3v) is 5.17. The Morgan fingerprint density at radius 3 is 2.50 bits per heavy atom. The highest BCUT2D eigenvalue weighted by Crippen LogP contribution is 2.41. The maximum absolute atomic E-state index is 11.6. The standard InChI is InChI=1S/C19H24N4O4S/c1-4-15(24)20-13-6-5-7-14(12-13)28-16-17(25-2)21-19(22-18(16)26-3)23-8-10-27-11-9-23/h5-7,12H,4,8-11H2,1-3H3,(H,20,24). The first kappa shape index (κ1) is 20.2. The Bertz CT molecular complexity index is 802. The molecule has 9 heteroatoms. The maximum Gasteiger partial charge on any atom is 0.236 e. The molecule has 2 heterocycles. The molecular weight excluding hydrogens is 380 g/mol. The number of nitrogens with one attached hydrogen (secondary N) is 1. The lowest BCUT2D eigenvalue weighted by molar-refractivity contribution is -0.115. The van der Waals surface area contributed by atoms with Gasteiger partial charge in [0.2, 0.25) is 23.6 Å². The quantitative estimate of drug-likeness (QED) is 0.754. The molecule has 0 saturated carbocycles. The summed E-state index contributed by atoms with van der Waals surface area (Å²) >= 11 is 1.42. The minimum absolute atomic E-state index is 0.0319. The number of carbonyl (C=O) groups is 1. The summed E-state index contributed by atoms with van der Waals surface area (Å²) in [5.74, 6) is 1.42. The van der Waals surface area contributed by atoms with Gasteiger partial charge in [-0.3, -0.25) is 4.79 Å². The largest absolute Gasteiger partial charge is 0.480 e. The fourth-order valence-electron chi connectivity index (χ4n) is 2.67. The first-order valence-electron chi connectivity index (χ1n) is 9.05. The van der Waals surface area contributed by atoms with Crippen molar-refractivity contribution in [3.05, 3.63) is 24.3 Å². The molecule has 0 bridgehead atoms. The maximum atomic E-state index is 11.6. The lowest BCUT2D eigenvalue weighted by atomic mass is 10.3. The molecule has 3 rings (SSSR count). The van der Waals surface area contributed by atoms with Gasteiger partial charge < -0.3 is 24.4 Å². The van der Waals surface area contributed by atoms with Crippen LogP contribution in [0.25, 0.3) is 0 Å². The number of hydrogen-bond acceptors (Lipinski definition) is 8. The van der Waals surface area contributed by atoms with E-state index in [9.17, 15) is 4.79 Å². The van der Waals surface area contributed by atoms with Crippen molar-refractivity contribution in [2.75, 3.05) is 50.7 Å². The first-order chi connectivity index (χ1) is 13.6. The lowest BCUT2D eigenvalue weighted by Crippen LogP contribution is -2.37. The molecule has 1 aromatic carbocycles. The number of benzene rings is 1. The Morgan fingerprint density at radius 2 is 1.89 bits per heavy atom. The average Bonchev–Trinajstić information content (AvgIpc) is 2.74. The molecule has 0 unspecified atom stereocenters. The van der Waals surface area contributed by atoms with Crippen molar-refractivity contribution in [3.8, 4) is 11.8 Å². The lowest BCUT2D eigenvalue weighted by Gasteiger charge is -2.27. The van der Waals surface area contributed by atoms with Crippen LogP contribution in [-0.4, -0.2) is 56.4 Å². The monoisotopic (exact) mass is 404 g/mol. The SMILES string of the molecule is CCC(=O)Nc1cccc(Sc2c(OC)nc(N3CCOCC3)nc2OC)c1. The fourth-order valence-corrected chi connectivity index (χ4v) is 3.67. The van der Waals surface area contributed by atoms with E-state index in [-0.39, 0.29) is 5.91 Å². The Kier molecular flexibility index (Phi) is 6.94. The van der Waals surface area contributed by atoms with E-state index in [4.69, 9.17) is 14.2 Å². The van der Waals surface area contributed by atoms with Gasteiger partial charge in [-0.05, 0) is 18.2 Å². The van der Waals surface area contributed by atoms with Gasteiger partial charge in [0.15, 0.2) is 0 Å². The van der Waals surface area contributed by atoms with Crippen molar-refractivity contribution in [1.82, 2.24) is 9.97 Å². The molecule has 0 aliphatic carbocycles. The molecule has 1 aliphatic heterocycles. The fraction of sp³-hybridized carbons (Fsp3) is 0.421. The molecule has 1 N–H and O–H groups in total. The van der Waals surface area contributed by atoms with Crippen LogP contribution in [0.5, 0.6) is 11.8 Å². The van der Waals surface area contributed by atoms with Gasteiger partial charge in [0, 0.05) is 30.1 Å². The number of rotatable bonds is 7. The number of morpholine rings is 1. The summed E-state index contributed by atoms with van der Waals surface area (Å²) in [4.78, 5) is 24.4. The summed E-state index contributed by atoms with van der Waals surface area (Å²) in [5, 5.41) is 2.86. The van der Waals surface area contributed by atoms with E-state index in [1.165, 1.54) is 11.8 Å². The zero-order valence-corrected chi connectivity index (χ0v) is 17.0. The Labute approximate surface area is 168 Å². The summed E-state index contributed by atoms with van der Waals surface area (Å²) in [6.07, 6.45) is 0.426. The number of ether oxygens (including phenoxy) is 3. The van der Waals surface area contributed by atoms with E-state index < -0.39 is 0 Å². The van der Waals surface area contributed by atoms with E-state index in [0.717, 1.165) is 23.7 Å². The number of amides is 1. The molecule has 0 spiro atoms. The number of anilines is 2. The highest BCUT2D eigenvalue weighted by molar-refractivity contribution is 7.99. The van der Waals surface area contributed by atoms with Crippen LogP contribution in [0.1, 0.15) is 13.3 Å². The molecule has 150 valence electrons. The second-order valence-corrected chi connectivity index (χ2v) is 7.09. The molecule has 28 heavy (non-hydrogen) atoms. The second kappa shape index (κ2) is 9.61. The molecule has 1 saturated heterocycles. The molecular formula is C19H24N4O4S. The van der Waals surface area contributed by atoms with E-state index in [2.05, 4.69) is 15.3 Å². The van der Waals surface area contributed by atoms with E-state index in [1.54, 1.807) is 14.2 Å². The minimum Gasteiger partial charge on any atom is -0.480 e. The molecule has 0 radical (unpaired) electrons. The predicted molar refractivity (Wildman–Crippen MR) is 108 cm³/mol. The van der Waals surface area contributed by atoms with E-state index in [0.29, 0.717) is 42.2 Å². The van der Waals surface area contributed by atoms with Gasteiger partial charge in [0.25, 0.3) is 0 Å². The van der Waals surface area contributed by atoms with Gasteiger partial charge in [-0.2, -0.15) is 9.97 Å². The number of aromatic nitrogens is 2. The number of hydrogen-bond donors (Lipinski definition) is 1. The zero-order chi connectivity index (χ0) is 19.9. The van der Waals surface area contributed by atoms with E-state index in [1.807, 2.05) is 36.1 Å². The van der Waals surface area contributed by atoms with Crippen molar-refractivity contribution in [2.45, 2.75) is 23.1 Å². The average molecular weight is 404 g/mol. The summed E-state index contributed by atoms with van der Waals surface area (Å²) in [5.41, 5.74) is 0.737. The normalized spacial score (nSPS) is 13.9. The van der Waals surface area contributed by atoms with E-state index >= 15 is 0 Å². The highest BCUT2D eigenvalue weighted by Gasteiger charge is 2.22. The number of methoxy groups -OCH3 is 2. The highest BCUT2D eigenvalue weighted by atomic mass is 32.2. The van der Waals surface area contributed by atoms with Crippen LogP contribution in [0.4, 0.5) is 11.6 Å². The van der Waals surface area contributed by atoms with Gasteiger partial charge >= 0.3 is 0 Å². The Hall–Kier alpha value is -2.52. The number of carbonyl (C=O) groups excluding carboxylic acids is 1. The third kappa shape index (κ3) is 4.85. The van der Waals surface area contributed by atoms with Crippen molar-refractivity contribution >= 4 is 29.3 Å². The zero-order valence-electron chi connectivity index (χ0n) is 16.2. The van der Waals surface area contributed by atoms with Crippen molar-refractivity contribution in [1.29, 1.82) is 0 Å². The summed E-state index contributed by atoms with van der Waals surface area (Å²) in [6, 6.07) is 7.58. The third-order valence-electron chi connectivity index (χ3n) is 4.13. The smallest absolute Gasteiger partial charge is 0.236 e. The molecule has 1 fully saturated rings. The van der Waals surface area contributed by atoms with Crippen LogP contribution in [0.2, 0.25) is 0 Å². The summed E-state index contributed by atoms with van der Waals surface area (Å²) in [7, 11) is 3.15. The van der Waals surface area contributed by atoms with Crippen LogP contribution < -0.4 is 19.7 Å². The molecule has 1 aliphatic rings. The number of nitrogens with zero attached hydrogens (tertiary/aromatic N) is 3. The molecule has 0 atom stereocenters. The Morgan fingerprint density at radius 1 is 1.21 bits per heavy atom. The van der Waals surface area contributed by atoms with Gasteiger partial charge in [0.1, 0.15) is 4.90 Å². The van der Waals surface area contributed by atoms with Crippen LogP contribution in [-0.2, 0) is 9.53 Å². The van der Waals surface area contributed by atoms with Crippen LogP contribution in [0, 0.1) is 0 Å². The topological polar surface area (TPSA) is 85.8 Å². The summed E-state index contributed by atoms with van der Waals surface area (Å²) < 4.78 is 16.4. The van der Waals surface area contributed by atoms with Gasteiger partial charge in [0.05, 0.1) is 27.4 Å².